The van der Waals surface area contributed by atoms with Crippen molar-refractivity contribution in [3.05, 3.63) is 29.3 Å². The van der Waals surface area contributed by atoms with E-state index < -0.39 is 9.84 Å². The molecular formula is C16H25NO4S. The summed E-state index contributed by atoms with van der Waals surface area (Å²) in [6.45, 7) is 6.38. The highest BCUT2D eigenvalue weighted by molar-refractivity contribution is 7.90. The molecule has 1 N–H and O–H groups in total. The molecule has 124 valence electrons. The number of benzene rings is 1. The fourth-order valence-corrected chi connectivity index (χ4v) is 2.67. The van der Waals surface area contributed by atoms with Crippen molar-refractivity contribution < 1.29 is 17.9 Å². The molecule has 1 aromatic carbocycles. The van der Waals surface area contributed by atoms with Crippen LogP contribution in [0.5, 0.6) is 5.75 Å². The maximum absolute atomic E-state index is 11.7. The van der Waals surface area contributed by atoms with E-state index in [1.54, 1.807) is 0 Å². The monoisotopic (exact) mass is 327 g/mol. The van der Waals surface area contributed by atoms with Crippen LogP contribution in [-0.4, -0.2) is 39.5 Å². The van der Waals surface area contributed by atoms with Crippen LogP contribution in [0.2, 0.25) is 0 Å². The zero-order valence-electron chi connectivity index (χ0n) is 13.7. The standard InChI is InChI=1S/C16H25NO4S/c1-12(2)14-7-6-13(3)10-15(14)21-11-16(18)17-8-5-9-22(4,19)20/h6-7,10,12H,5,8-9,11H2,1-4H3,(H,17,18). The summed E-state index contributed by atoms with van der Waals surface area (Å²) in [6.07, 6.45) is 1.59. The lowest BCUT2D eigenvalue weighted by atomic mass is 10.0. The zero-order chi connectivity index (χ0) is 16.8. The second kappa shape index (κ2) is 8.17. The Labute approximate surface area is 133 Å². The molecule has 1 aromatic rings. The van der Waals surface area contributed by atoms with Crippen molar-refractivity contribution in [2.24, 2.45) is 0 Å². The van der Waals surface area contributed by atoms with Gasteiger partial charge >= 0.3 is 0 Å². The number of hydrogen-bond donors (Lipinski definition) is 1. The summed E-state index contributed by atoms with van der Waals surface area (Å²) in [6, 6.07) is 5.96. The third-order valence-electron chi connectivity index (χ3n) is 3.16. The zero-order valence-corrected chi connectivity index (χ0v) is 14.5. The second-order valence-electron chi connectivity index (χ2n) is 5.82. The molecule has 0 aromatic heterocycles. The predicted molar refractivity (Wildman–Crippen MR) is 88.1 cm³/mol. The molecule has 0 saturated heterocycles. The SMILES string of the molecule is Cc1ccc(C(C)C)c(OCC(=O)NCCCS(C)(=O)=O)c1. The molecule has 0 fully saturated rings. The lowest BCUT2D eigenvalue weighted by Crippen LogP contribution is -2.30. The minimum Gasteiger partial charge on any atom is -0.483 e. The number of carbonyl (C=O) groups is 1. The molecule has 5 nitrogen and oxygen atoms in total. The Balaban J connectivity index is 2.46. The van der Waals surface area contributed by atoms with Crippen molar-refractivity contribution in [1.29, 1.82) is 0 Å². The van der Waals surface area contributed by atoms with E-state index in [1.807, 2.05) is 25.1 Å². The van der Waals surface area contributed by atoms with Crippen LogP contribution < -0.4 is 10.1 Å². The Bertz CT molecular complexity index is 609. The number of rotatable bonds is 8. The first-order valence-electron chi connectivity index (χ1n) is 7.37. The number of amides is 1. The maximum Gasteiger partial charge on any atom is 0.257 e. The quantitative estimate of drug-likeness (QED) is 0.742. The summed E-state index contributed by atoms with van der Waals surface area (Å²) < 4.78 is 27.6. The molecule has 0 aliphatic carbocycles. The van der Waals surface area contributed by atoms with Gasteiger partial charge in [-0.1, -0.05) is 26.0 Å². The van der Waals surface area contributed by atoms with Crippen molar-refractivity contribution in [3.8, 4) is 5.75 Å². The number of carbonyl (C=O) groups excluding carboxylic acids is 1. The number of ether oxygens (including phenoxy) is 1. The van der Waals surface area contributed by atoms with E-state index in [0.29, 0.717) is 18.9 Å². The van der Waals surface area contributed by atoms with Crippen molar-refractivity contribution in [1.82, 2.24) is 5.32 Å². The summed E-state index contributed by atoms with van der Waals surface area (Å²) in [5.74, 6) is 0.864. The molecule has 6 heteroatoms. The lowest BCUT2D eigenvalue weighted by Gasteiger charge is -2.14. The molecule has 0 aliphatic heterocycles. The molecule has 1 rings (SSSR count). The van der Waals surface area contributed by atoms with E-state index in [4.69, 9.17) is 4.74 Å². The van der Waals surface area contributed by atoms with Gasteiger partial charge in [0.15, 0.2) is 6.61 Å². The van der Waals surface area contributed by atoms with Gasteiger partial charge in [-0.3, -0.25) is 4.79 Å². The highest BCUT2D eigenvalue weighted by atomic mass is 32.2. The molecule has 0 atom stereocenters. The molecule has 0 heterocycles. The summed E-state index contributed by atoms with van der Waals surface area (Å²) >= 11 is 0. The van der Waals surface area contributed by atoms with E-state index in [0.717, 1.165) is 16.9 Å². The van der Waals surface area contributed by atoms with Gasteiger partial charge in [0.2, 0.25) is 0 Å². The van der Waals surface area contributed by atoms with Crippen molar-refractivity contribution in [2.45, 2.75) is 33.1 Å². The minimum atomic E-state index is -2.98. The van der Waals surface area contributed by atoms with Gasteiger partial charge < -0.3 is 10.1 Å². The maximum atomic E-state index is 11.7. The largest absolute Gasteiger partial charge is 0.483 e. The van der Waals surface area contributed by atoms with Crippen LogP contribution in [0, 0.1) is 6.92 Å². The first kappa shape index (κ1) is 18.5. The van der Waals surface area contributed by atoms with Crippen LogP contribution in [0.3, 0.4) is 0 Å². The van der Waals surface area contributed by atoms with Gasteiger partial charge in [-0.2, -0.15) is 0 Å². The van der Waals surface area contributed by atoms with Gasteiger partial charge in [0.1, 0.15) is 15.6 Å². The van der Waals surface area contributed by atoms with Crippen LogP contribution in [0.1, 0.15) is 37.3 Å². The number of hydrogen-bond acceptors (Lipinski definition) is 4. The smallest absolute Gasteiger partial charge is 0.257 e. The van der Waals surface area contributed by atoms with Crippen LogP contribution in [0.4, 0.5) is 0 Å². The fourth-order valence-electron chi connectivity index (χ4n) is 2.00. The Hall–Kier alpha value is -1.56. The average molecular weight is 327 g/mol. The van der Waals surface area contributed by atoms with E-state index >= 15 is 0 Å². The Morgan fingerprint density at radius 1 is 1.32 bits per heavy atom. The first-order valence-corrected chi connectivity index (χ1v) is 9.43. The van der Waals surface area contributed by atoms with E-state index in [2.05, 4.69) is 19.2 Å². The first-order chi connectivity index (χ1) is 10.2. The summed E-state index contributed by atoms with van der Waals surface area (Å²) in [5.41, 5.74) is 2.14. The van der Waals surface area contributed by atoms with Gasteiger partial charge in [0.25, 0.3) is 5.91 Å². The molecular weight excluding hydrogens is 302 g/mol. The van der Waals surface area contributed by atoms with Crippen LogP contribution in [0.15, 0.2) is 18.2 Å². The van der Waals surface area contributed by atoms with Crippen LogP contribution in [0.25, 0.3) is 0 Å². The highest BCUT2D eigenvalue weighted by Gasteiger charge is 2.10. The fraction of sp³-hybridized carbons (Fsp3) is 0.562. The van der Waals surface area contributed by atoms with Gasteiger partial charge in [-0.25, -0.2) is 8.42 Å². The van der Waals surface area contributed by atoms with E-state index in [9.17, 15) is 13.2 Å². The topological polar surface area (TPSA) is 72.5 Å². The van der Waals surface area contributed by atoms with Crippen molar-refractivity contribution in [2.75, 3.05) is 25.2 Å². The summed E-state index contributed by atoms with van der Waals surface area (Å²) in [4.78, 5) is 11.7. The van der Waals surface area contributed by atoms with Crippen molar-refractivity contribution >= 4 is 15.7 Å². The third-order valence-corrected chi connectivity index (χ3v) is 4.19. The van der Waals surface area contributed by atoms with Crippen LogP contribution >= 0.6 is 0 Å². The lowest BCUT2D eigenvalue weighted by molar-refractivity contribution is -0.123. The Morgan fingerprint density at radius 2 is 2.00 bits per heavy atom. The predicted octanol–water partition coefficient (Wildman–Crippen LogP) is 2.05. The Kier molecular flexibility index (Phi) is 6.87. The minimum absolute atomic E-state index is 0.0674. The molecule has 0 aliphatic rings. The van der Waals surface area contributed by atoms with Crippen molar-refractivity contribution in [3.63, 3.8) is 0 Å². The van der Waals surface area contributed by atoms with Gasteiger partial charge in [-0.15, -0.1) is 0 Å². The van der Waals surface area contributed by atoms with Gasteiger partial charge in [-0.05, 0) is 36.5 Å². The van der Waals surface area contributed by atoms with Crippen LogP contribution in [-0.2, 0) is 14.6 Å². The molecule has 0 unspecified atom stereocenters. The Morgan fingerprint density at radius 3 is 2.59 bits per heavy atom. The molecule has 22 heavy (non-hydrogen) atoms. The third kappa shape index (κ3) is 6.93. The molecule has 1 amide bonds. The number of aryl methyl sites for hydroxylation is 1. The summed E-state index contributed by atoms with van der Waals surface area (Å²) in [5, 5.41) is 2.66. The number of sulfone groups is 1. The number of nitrogens with one attached hydrogen (secondary N) is 1. The second-order valence-corrected chi connectivity index (χ2v) is 8.08. The van der Waals surface area contributed by atoms with E-state index in [-0.39, 0.29) is 18.3 Å². The van der Waals surface area contributed by atoms with Gasteiger partial charge in [0.05, 0.1) is 5.75 Å². The molecule has 0 spiro atoms. The average Bonchev–Trinajstić information content (AvgIpc) is 2.40. The summed E-state index contributed by atoms with van der Waals surface area (Å²) in [7, 11) is -2.98. The van der Waals surface area contributed by atoms with E-state index in [1.165, 1.54) is 6.26 Å². The highest BCUT2D eigenvalue weighted by Crippen LogP contribution is 2.27. The molecule has 0 saturated carbocycles. The molecule has 0 radical (unpaired) electrons. The normalized spacial score (nSPS) is 11.5. The molecule has 0 bridgehead atoms. The van der Waals surface area contributed by atoms with Gasteiger partial charge in [0, 0.05) is 12.8 Å².